The molecule has 0 aliphatic rings. The van der Waals surface area contributed by atoms with E-state index < -0.39 is 23.8 Å². The summed E-state index contributed by atoms with van der Waals surface area (Å²) in [4.78, 5) is 42.1. The Kier molecular flexibility index (Phi) is 12.5. The van der Waals surface area contributed by atoms with Gasteiger partial charge in [-0.25, -0.2) is 4.79 Å². The smallest absolute Gasteiger partial charge is 0.408 e. The van der Waals surface area contributed by atoms with Crippen LogP contribution in [-0.4, -0.2) is 48.1 Å². The van der Waals surface area contributed by atoms with E-state index >= 15 is 0 Å². The van der Waals surface area contributed by atoms with Crippen LogP contribution in [0.25, 0.3) is 0 Å². The molecule has 0 saturated carbocycles. The van der Waals surface area contributed by atoms with Gasteiger partial charge in [-0.05, 0) is 88.9 Å². The lowest BCUT2D eigenvalue weighted by Gasteiger charge is -2.34. The number of benzene rings is 2. The summed E-state index contributed by atoms with van der Waals surface area (Å²) in [5.41, 5.74) is 2.60. The molecular formula is C32H47N3O5. The largest absolute Gasteiger partial charge is 0.497 e. The van der Waals surface area contributed by atoms with Crippen LogP contribution in [0.4, 0.5) is 10.5 Å². The second-order valence-electron chi connectivity index (χ2n) is 11.2. The van der Waals surface area contributed by atoms with Gasteiger partial charge in [0.1, 0.15) is 23.4 Å². The third-order valence-electron chi connectivity index (χ3n) is 6.75. The molecule has 0 radical (unpaired) electrons. The van der Waals surface area contributed by atoms with Crippen LogP contribution in [0.1, 0.15) is 89.5 Å². The van der Waals surface area contributed by atoms with E-state index in [9.17, 15) is 14.4 Å². The lowest BCUT2D eigenvalue weighted by Crippen LogP contribution is -2.51. The summed E-state index contributed by atoms with van der Waals surface area (Å²) >= 11 is 0. The van der Waals surface area contributed by atoms with Gasteiger partial charge in [0.2, 0.25) is 5.91 Å². The normalized spacial score (nSPS) is 12.7. The summed E-state index contributed by atoms with van der Waals surface area (Å²) in [7, 11) is 1.58. The number of alkyl carbamates (subject to hydrolysis) is 1. The Morgan fingerprint density at radius 1 is 0.950 bits per heavy atom. The van der Waals surface area contributed by atoms with Crippen molar-refractivity contribution in [2.24, 2.45) is 0 Å². The van der Waals surface area contributed by atoms with Gasteiger partial charge in [-0.2, -0.15) is 0 Å². The number of aryl methyl sites for hydroxylation is 1. The molecule has 0 saturated heterocycles. The van der Waals surface area contributed by atoms with Crippen molar-refractivity contribution >= 4 is 23.6 Å². The predicted molar refractivity (Wildman–Crippen MR) is 160 cm³/mol. The van der Waals surface area contributed by atoms with Crippen molar-refractivity contribution in [3.8, 4) is 5.75 Å². The second kappa shape index (κ2) is 15.3. The van der Waals surface area contributed by atoms with Crippen LogP contribution in [0.15, 0.2) is 42.5 Å². The average molecular weight is 554 g/mol. The van der Waals surface area contributed by atoms with E-state index in [0.29, 0.717) is 18.0 Å². The van der Waals surface area contributed by atoms with Crippen LogP contribution in [0.2, 0.25) is 0 Å². The minimum atomic E-state index is -0.899. The molecule has 40 heavy (non-hydrogen) atoms. The molecule has 0 bridgehead atoms. The molecule has 0 fully saturated rings. The van der Waals surface area contributed by atoms with E-state index in [-0.39, 0.29) is 11.8 Å². The summed E-state index contributed by atoms with van der Waals surface area (Å²) < 4.78 is 10.6. The quantitative estimate of drug-likeness (QED) is 0.269. The summed E-state index contributed by atoms with van der Waals surface area (Å²) in [5, 5.41) is 5.66. The lowest BCUT2D eigenvalue weighted by molar-refractivity contribution is -0.140. The summed E-state index contributed by atoms with van der Waals surface area (Å²) in [6.07, 6.45) is 4.27. The van der Waals surface area contributed by atoms with Crippen molar-refractivity contribution in [1.29, 1.82) is 0 Å². The van der Waals surface area contributed by atoms with Crippen molar-refractivity contribution in [2.75, 3.05) is 19.0 Å². The predicted octanol–water partition coefficient (Wildman–Crippen LogP) is 6.70. The van der Waals surface area contributed by atoms with Gasteiger partial charge in [0.05, 0.1) is 7.11 Å². The topological polar surface area (TPSA) is 97.0 Å². The van der Waals surface area contributed by atoms with E-state index in [0.717, 1.165) is 48.8 Å². The number of ether oxygens (including phenoxy) is 2. The first-order chi connectivity index (χ1) is 18.9. The summed E-state index contributed by atoms with van der Waals surface area (Å²) in [6, 6.07) is 11.1. The lowest BCUT2D eigenvalue weighted by atomic mass is 9.94. The first kappa shape index (κ1) is 32.7. The van der Waals surface area contributed by atoms with Crippen LogP contribution in [0.3, 0.4) is 0 Å². The molecule has 3 amide bonds. The fourth-order valence-corrected chi connectivity index (χ4v) is 4.45. The molecule has 8 heteroatoms. The number of nitrogens with zero attached hydrogens (tertiary/aromatic N) is 1. The Bertz CT molecular complexity index is 1120. The van der Waals surface area contributed by atoms with Gasteiger partial charge in [0, 0.05) is 12.2 Å². The Morgan fingerprint density at radius 3 is 2.20 bits per heavy atom. The highest BCUT2D eigenvalue weighted by atomic mass is 16.6. The second-order valence-corrected chi connectivity index (χ2v) is 11.2. The van der Waals surface area contributed by atoms with Gasteiger partial charge in [-0.1, -0.05) is 50.8 Å². The van der Waals surface area contributed by atoms with Crippen molar-refractivity contribution in [3.05, 3.63) is 59.2 Å². The maximum atomic E-state index is 14.0. The van der Waals surface area contributed by atoms with E-state index in [4.69, 9.17) is 9.47 Å². The van der Waals surface area contributed by atoms with Gasteiger partial charge in [-0.15, -0.1) is 0 Å². The van der Waals surface area contributed by atoms with Crippen LogP contribution in [0, 0.1) is 13.8 Å². The molecule has 2 rings (SSSR count). The molecule has 2 unspecified atom stereocenters. The standard InChI is InChI=1S/C32H47N3O5/c1-9-10-11-12-13-21-35(30(37)24(4)33-31(38)40-32(5,6)7)28(27-16-14-15-22(2)23(27)3)29(36)34-25-17-19-26(39-8)20-18-25/h14-20,24,28H,9-13,21H2,1-8H3,(H,33,38)(H,34,36). The van der Waals surface area contributed by atoms with Crippen LogP contribution < -0.4 is 15.4 Å². The Labute approximate surface area is 239 Å². The number of methoxy groups -OCH3 is 1. The molecule has 0 aliphatic carbocycles. The molecule has 2 aromatic rings. The number of carbonyl (C=O) groups is 3. The molecule has 220 valence electrons. The number of carbonyl (C=O) groups excluding carboxylic acids is 3. The van der Waals surface area contributed by atoms with Crippen molar-refractivity contribution in [1.82, 2.24) is 10.2 Å². The number of anilines is 1. The molecule has 8 nitrogen and oxygen atoms in total. The van der Waals surface area contributed by atoms with Crippen LogP contribution in [-0.2, 0) is 14.3 Å². The first-order valence-electron chi connectivity index (χ1n) is 14.2. The van der Waals surface area contributed by atoms with Crippen molar-refractivity contribution in [2.45, 2.75) is 98.3 Å². The Morgan fingerprint density at radius 2 is 1.60 bits per heavy atom. The minimum absolute atomic E-state index is 0.328. The summed E-state index contributed by atoms with van der Waals surface area (Å²) in [6.45, 7) is 13.4. The zero-order valence-corrected chi connectivity index (χ0v) is 25.4. The number of rotatable bonds is 13. The number of amides is 3. The van der Waals surface area contributed by atoms with Gasteiger partial charge in [-0.3, -0.25) is 9.59 Å². The maximum Gasteiger partial charge on any atom is 0.408 e. The number of unbranched alkanes of at least 4 members (excludes halogenated alkanes) is 4. The van der Waals surface area contributed by atoms with Gasteiger partial charge in [0.15, 0.2) is 0 Å². The highest BCUT2D eigenvalue weighted by molar-refractivity contribution is 5.99. The molecule has 0 heterocycles. The maximum absolute atomic E-state index is 14.0. The number of hydrogen-bond donors (Lipinski definition) is 2. The minimum Gasteiger partial charge on any atom is -0.497 e. The van der Waals surface area contributed by atoms with Crippen LogP contribution >= 0.6 is 0 Å². The Balaban J connectivity index is 2.47. The molecule has 0 spiro atoms. The molecule has 2 aromatic carbocycles. The third-order valence-corrected chi connectivity index (χ3v) is 6.75. The van der Waals surface area contributed by atoms with E-state index in [1.807, 2.05) is 32.0 Å². The molecule has 0 aliphatic heterocycles. The summed E-state index contributed by atoms with van der Waals surface area (Å²) in [5.74, 6) is -0.00242. The van der Waals surface area contributed by atoms with E-state index in [2.05, 4.69) is 17.6 Å². The zero-order valence-electron chi connectivity index (χ0n) is 25.4. The van der Waals surface area contributed by atoms with Gasteiger partial charge < -0.3 is 25.0 Å². The highest BCUT2D eigenvalue weighted by Crippen LogP contribution is 2.29. The van der Waals surface area contributed by atoms with Gasteiger partial charge >= 0.3 is 6.09 Å². The molecule has 2 atom stereocenters. The number of nitrogens with one attached hydrogen (secondary N) is 2. The average Bonchev–Trinajstić information content (AvgIpc) is 2.88. The SMILES string of the molecule is CCCCCCCN(C(=O)C(C)NC(=O)OC(C)(C)C)C(C(=O)Nc1ccc(OC)cc1)c1cccc(C)c1C. The van der Waals surface area contributed by atoms with E-state index in [1.54, 1.807) is 64.0 Å². The number of hydrogen-bond acceptors (Lipinski definition) is 5. The highest BCUT2D eigenvalue weighted by Gasteiger charge is 2.35. The van der Waals surface area contributed by atoms with E-state index in [1.165, 1.54) is 0 Å². The molecule has 2 N–H and O–H groups in total. The fourth-order valence-electron chi connectivity index (χ4n) is 4.45. The zero-order chi connectivity index (χ0) is 29.9. The van der Waals surface area contributed by atoms with Crippen molar-refractivity contribution in [3.63, 3.8) is 0 Å². The Hall–Kier alpha value is -3.55. The first-order valence-corrected chi connectivity index (χ1v) is 14.2. The van der Waals surface area contributed by atoms with Crippen LogP contribution in [0.5, 0.6) is 5.75 Å². The van der Waals surface area contributed by atoms with Gasteiger partial charge in [0.25, 0.3) is 5.91 Å². The molecular weight excluding hydrogens is 506 g/mol. The van der Waals surface area contributed by atoms with Crippen molar-refractivity contribution < 1.29 is 23.9 Å². The molecule has 0 aromatic heterocycles. The third kappa shape index (κ3) is 9.88. The monoisotopic (exact) mass is 553 g/mol. The fraction of sp³-hybridized carbons (Fsp3) is 0.531.